The number of hydrogen-bond acceptors (Lipinski definition) is 0. The first kappa shape index (κ1) is 15.4. The Bertz CT molecular complexity index is 795. The van der Waals surface area contributed by atoms with Crippen molar-refractivity contribution in [3.05, 3.63) is 79.7 Å². The molecule has 3 rings (SSSR count). The van der Waals surface area contributed by atoms with Gasteiger partial charge in [0, 0.05) is 14.0 Å². The molecule has 0 N–H and O–H groups in total. The summed E-state index contributed by atoms with van der Waals surface area (Å²) < 4.78 is 2.00. The Morgan fingerprint density at radius 2 is 1.57 bits per heavy atom. The van der Waals surface area contributed by atoms with E-state index in [0.29, 0.717) is 5.02 Å². The molecule has 0 aliphatic carbocycles. The number of hydrogen-bond donors (Lipinski definition) is 0. The van der Waals surface area contributed by atoms with Crippen molar-refractivity contribution in [3.63, 3.8) is 0 Å². The van der Waals surface area contributed by atoms with Gasteiger partial charge in [0.1, 0.15) is 0 Å². The fraction of sp³-hybridized carbons (Fsp3) is 0.0588. The van der Waals surface area contributed by atoms with Crippen LogP contribution in [0, 0.1) is 0 Å². The molecule has 0 aliphatic heterocycles. The molecule has 0 nitrogen and oxygen atoms in total. The van der Waals surface area contributed by atoms with E-state index in [2.05, 4.69) is 50.1 Å². The Kier molecular flexibility index (Phi) is 4.60. The smallest absolute Gasteiger partial charge is 0.0842 e. The zero-order chi connectivity index (χ0) is 15.0. The number of fused-ring (bicyclic) bond motifs is 1. The van der Waals surface area contributed by atoms with E-state index >= 15 is 0 Å². The lowest BCUT2D eigenvalue weighted by molar-refractivity contribution is 1.15. The highest BCUT2D eigenvalue weighted by molar-refractivity contribution is 9.11. The van der Waals surface area contributed by atoms with Crippen molar-refractivity contribution in [2.45, 2.75) is 5.38 Å². The van der Waals surface area contributed by atoms with Crippen LogP contribution in [0.3, 0.4) is 0 Å². The van der Waals surface area contributed by atoms with E-state index < -0.39 is 0 Å². The van der Waals surface area contributed by atoms with Crippen LogP contribution in [0.15, 0.2) is 63.5 Å². The molecule has 0 bridgehead atoms. The summed E-state index contributed by atoms with van der Waals surface area (Å²) in [4.78, 5) is 0. The van der Waals surface area contributed by atoms with Crippen LogP contribution in [0.2, 0.25) is 5.02 Å². The van der Waals surface area contributed by atoms with E-state index in [1.54, 1.807) is 0 Å². The first-order valence-electron chi connectivity index (χ1n) is 6.33. The molecular formula is C17H10Br2Cl2. The van der Waals surface area contributed by atoms with E-state index in [9.17, 15) is 0 Å². The molecular weight excluding hydrogens is 435 g/mol. The van der Waals surface area contributed by atoms with Gasteiger partial charge in [-0.15, -0.1) is 11.6 Å². The van der Waals surface area contributed by atoms with Gasteiger partial charge < -0.3 is 0 Å². The highest BCUT2D eigenvalue weighted by Gasteiger charge is 2.16. The van der Waals surface area contributed by atoms with Crippen molar-refractivity contribution >= 4 is 65.8 Å². The molecule has 3 aromatic rings. The third-order valence-electron chi connectivity index (χ3n) is 3.36. The molecule has 4 heteroatoms. The van der Waals surface area contributed by atoms with Crippen LogP contribution < -0.4 is 0 Å². The van der Waals surface area contributed by atoms with E-state index in [0.717, 1.165) is 30.8 Å². The first-order valence-corrected chi connectivity index (χ1v) is 8.73. The minimum atomic E-state index is -0.252. The second-order valence-electron chi connectivity index (χ2n) is 4.75. The average Bonchev–Trinajstić information content (AvgIpc) is 2.46. The maximum absolute atomic E-state index is 6.71. The van der Waals surface area contributed by atoms with Crippen LogP contribution >= 0.6 is 55.1 Å². The van der Waals surface area contributed by atoms with Crippen molar-refractivity contribution in [1.29, 1.82) is 0 Å². The monoisotopic (exact) mass is 442 g/mol. The maximum Gasteiger partial charge on any atom is 0.0842 e. The van der Waals surface area contributed by atoms with E-state index in [1.165, 1.54) is 0 Å². The molecule has 106 valence electrons. The normalized spacial score (nSPS) is 12.6. The Morgan fingerprint density at radius 1 is 0.857 bits per heavy atom. The Balaban J connectivity index is 2.18. The second kappa shape index (κ2) is 6.29. The zero-order valence-electron chi connectivity index (χ0n) is 10.8. The summed E-state index contributed by atoms with van der Waals surface area (Å²) in [5.41, 5.74) is 2.05. The molecule has 21 heavy (non-hydrogen) atoms. The predicted octanol–water partition coefficient (Wildman–Crippen LogP) is 7.35. The highest BCUT2D eigenvalue weighted by atomic mass is 79.9. The van der Waals surface area contributed by atoms with Crippen LogP contribution in [-0.4, -0.2) is 0 Å². The summed E-state index contributed by atoms with van der Waals surface area (Å²) in [6.45, 7) is 0. The Labute approximate surface area is 150 Å². The van der Waals surface area contributed by atoms with Crippen LogP contribution in [0.5, 0.6) is 0 Å². The zero-order valence-corrected chi connectivity index (χ0v) is 15.5. The fourth-order valence-electron chi connectivity index (χ4n) is 2.41. The molecule has 0 aliphatic rings. The van der Waals surface area contributed by atoms with E-state index in [1.807, 2.05) is 36.4 Å². The summed E-state index contributed by atoms with van der Waals surface area (Å²) in [5, 5.41) is 2.72. The van der Waals surface area contributed by atoms with Gasteiger partial charge in [0.2, 0.25) is 0 Å². The highest BCUT2D eigenvalue weighted by Crippen LogP contribution is 2.38. The van der Waals surface area contributed by atoms with Gasteiger partial charge in [-0.05, 0) is 46.2 Å². The van der Waals surface area contributed by atoms with Crippen molar-refractivity contribution in [3.8, 4) is 0 Å². The minimum Gasteiger partial charge on any atom is -0.113 e. The van der Waals surface area contributed by atoms with Crippen LogP contribution in [0.1, 0.15) is 16.5 Å². The van der Waals surface area contributed by atoms with Gasteiger partial charge >= 0.3 is 0 Å². The van der Waals surface area contributed by atoms with Gasteiger partial charge in [0.05, 0.1) is 5.38 Å². The molecule has 1 unspecified atom stereocenters. The van der Waals surface area contributed by atoms with E-state index in [4.69, 9.17) is 23.2 Å². The second-order valence-corrected chi connectivity index (χ2v) is 7.39. The van der Waals surface area contributed by atoms with Gasteiger partial charge in [-0.25, -0.2) is 0 Å². The molecule has 0 fully saturated rings. The summed E-state index contributed by atoms with van der Waals surface area (Å²) in [7, 11) is 0. The Hall–Kier alpha value is -0.540. The average molecular weight is 445 g/mol. The molecule has 1 atom stereocenters. The van der Waals surface area contributed by atoms with Crippen molar-refractivity contribution in [1.82, 2.24) is 0 Å². The standard InChI is InChI=1S/C17H10Br2Cl2/c18-11-7-10(8-12(20)9-11)17(21)15-5-6-16(19)14-4-2-1-3-13(14)15/h1-9,17H. The quantitative estimate of drug-likeness (QED) is 0.362. The van der Waals surface area contributed by atoms with Crippen molar-refractivity contribution in [2.24, 2.45) is 0 Å². The molecule has 0 amide bonds. The minimum absolute atomic E-state index is 0.252. The van der Waals surface area contributed by atoms with E-state index in [-0.39, 0.29) is 5.38 Å². The largest absolute Gasteiger partial charge is 0.113 e. The molecule has 0 aromatic heterocycles. The molecule has 3 aromatic carbocycles. The van der Waals surface area contributed by atoms with Crippen LogP contribution in [-0.2, 0) is 0 Å². The number of benzene rings is 3. The van der Waals surface area contributed by atoms with Gasteiger partial charge in [-0.2, -0.15) is 0 Å². The Morgan fingerprint density at radius 3 is 2.29 bits per heavy atom. The molecule has 0 spiro atoms. The summed E-state index contributed by atoms with van der Waals surface area (Å²) >= 11 is 19.9. The molecule has 0 saturated heterocycles. The molecule has 0 radical (unpaired) electrons. The lowest BCUT2D eigenvalue weighted by Crippen LogP contribution is -1.95. The number of alkyl halides is 1. The van der Waals surface area contributed by atoms with Crippen molar-refractivity contribution in [2.75, 3.05) is 0 Å². The first-order chi connectivity index (χ1) is 10.1. The maximum atomic E-state index is 6.71. The van der Waals surface area contributed by atoms with Gasteiger partial charge in [0.15, 0.2) is 0 Å². The summed E-state index contributed by atoms with van der Waals surface area (Å²) in [6.07, 6.45) is 0. The third kappa shape index (κ3) is 3.14. The molecule has 0 heterocycles. The number of halogens is 4. The van der Waals surface area contributed by atoms with Crippen LogP contribution in [0.25, 0.3) is 10.8 Å². The van der Waals surface area contributed by atoms with Crippen molar-refractivity contribution < 1.29 is 0 Å². The lowest BCUT2D eigenvalue weighted by atomic mass is 9.98. The molecule has 0 saturated carbocycles. The van der Waals surface area contributed by atoms with Gasteiger partial charge in [-0.3, -0.25) is 0 Å². The summed E-state index contributed by atoms with van der Waals surface area (Å²) in [5.74, 6) is 0. The van der Waals surface area contributed by atoms with Crippen LogP contribution in [0.4, 0.5) is 0 Å². The topological polar surface area (TPSA) is 0 Å². The number of rotatable bonds is 2. The predicted molar refractivity (Wildman–Crippen MR) is 98.5 cm³/mol. The summed E-state index contributed by atoms with van der Waals surface area (Å²) in [6, 6.07) is 18.1. The SMILES string of the molecule is Clc1cc(Br)cc(C(Cl)c2ccc(Br)c3ccccc23)c1. The lowest BCUT2D eigenvalue weighted by Gasteiger charge is -2.15. The third-order valence-corrected chi connectivity index (χ3v) is 5.21. The van der Waals surface area contributed by atoms with Gasteiger partial charge in [-0.1, -0.05) is 73.8 Å². The van der Waals surface area contributed by atoms with Gasteiger partial charge in [0.25, 0.3) is 0 Å². The fourth-order valence-corrected chi connectivity index (χ4v) is 4.09.